The highest BCUT2D eigenvalue weighted by Crippen LogP contribution is 2.29. The minimum Gasteiger partial charge on any atom is -0.383 e. The van der Waals surface area contributed by atoms with Gasteiger partial charge < -0.3 is 15.0 Å². The molecule has 0 unspecified atom stereocenters. The van der Waals surface area contributed by atoms with E-state index in [0.717, 1.165) is 31.3 Å². The fourth-order valence-electron chi connectivity index (χ4n) is 2.55. The van der Waals surface area contributed by atoms with Crippen molar-refractivity contribution in [2.75, 3.05) is 38.3 Å². The molecule has 0 amide bonds. The summed E-state index contributed by atoms with van der Waals surface area (Å²) in [4.78, 5) is 2.37. The Bertz CT molecular complexity index is 421. The zero-order valence-electron chi connectivity index (χ0n) is 11.9. The quantitative estimate of drug-likeness (QED) is 0.919. The first-order valence-electron chi connectivity index (χ1n) is 6.88. The van der Waals surface area contributed by atoms with Crippen molar-refractivity contribution < 1.29 is 4.74 Å². The Labute approximate surface area is 120 Å². The van der Waals surface area contributed by atoms with Crippen molar-refractivity contribution in [2.45, 2.75) is 25.8 Å². The van der Waals surface area contributed by atoms with Gasteiger partial charge in [-0.25, -0.2) is 0 Å². The number of hydrogen-bond donors (Lipinski definition) is 1. The van der Waals surface area contributed by atoms with Crippen LogP contribution in [0.25, 0.3) is 0 Å². The zero-order chi connectivity index (χ0) is 13.8. The molecule has 2 rings (SSSR count). The van der Waals surface area contributed by atoms with Gasteiger partial charge in [-0.15, -0.1) is 0 Å². The topological polar surface area (TPSA) is 24.5 Å². The zero-order valence-corrected chi connectivity index (χ0v) is 12.7. The van der Waals surface area contributed by atoms with Crippen LogP contribution >= 0.6 is 11.6 Å². The lowest BCUT2D eigenvalue weighted by Gasteiger charge is -2.35. The van der Waals surface area contributed by atoms with E-state index in [1.807, 2.05) is 0 Å². The van der Waals surface area contributed by atoms with Crippen molar-refractivity contribution >= 4 is 17.3 Å². The van der Waals surface area contributed by atoms with Gasteiger partial charge in [0, 0.05) is 43.5 Å². The monoisotopic (exact) mass is 282 g/mol. The van der Waals surface area contributed by atoms with E-state index in [2.05, 4.69) is 42.3 Å². The summed E-state index contributed by atoms with van der Waals surface area (Å²) in [5, 5.41) is 4.33. The molecule has 1 fully saturated rings. The molecule has 0 spiro atoms. The Balaban J connectivity index is 2.11. The van der Waals surface area contributed by atoms with E-state index in [-0.39, 0.29) is 0 Å². The van der Waals surface area contributed by atoms with E-state index in [0.29, 0.717) is 12.0 Å². The number of nitrogens with one attached hydrogen (secondary N) is 1. The highest BCUT2D eigenvalue weighted by atomic mass is 35.5. The Hall–Kier alpha value is -0.770. The van der Waals surface area contributed by atoms with E-state index in [1.165, 1.54) is 11.3 Å². The normalized spacial score (nSPS) is 20.1. The highest BCUT2D eigenvalue weighted by Gasteiger charge is 2.20. The second kappa shape index (κ2) is 6.60. The lowest BCUT2D eigenvalue weighted by Crippen LogP contribution is -2.52. The lowest BCUT2D eigenvalue weighted by atomic mass is 10.0. The number of halogens is 1. The molecule has 1 aliphatic rings. The van der Waals surface area contributed by atoms with E-state index in [1.54, 1.807) is 7.11 Å². The summed E-state index contributed by atoms with van der Waals surface area (Å²) in [6.45, 7) is 8.04. The first-order chi connectivity index (χ1) is 9.11. The average molecular weight is 283 g/mol. The molecule has 1 aliphatic heterocycles. The van der Waals surface area contributed by atoms with E-state index in [4.69, 9.17) is 16.3 Å². The number of piperazine rings is 1. The van der Waals surface area contributed by atoms with Crippen molar-refractivity contribution in [3.63, 3.8) is 0 Å². The summed E-state index contributed by atoms with van der Waals surface area (Å²) >= 11 is 6.37. The van der Waals surface area contributed by atoms with Crippen LogP contribution in [0.1, 0.15) is 25.3 Å². The van der Waals surface area contributed by atoms with Gasteiger partial charge in [-0.3, -0.25) is 0 Å². The number of methoxy groups -OCH3 is 1. The Morgan fingerprint density at radius 1 is 1.47 bits per heavy atom. The summed E-state index contributed by atoms with van der Waals surface area (Å²) in [7, 11) is 1.74. The number of hydrogen-bond acceptors (Lipinski definition) is 3. The number of ether oxygens (including phenoxy) is 1. The first-order valence-corrected chi connectivity index (χ1v) is 7.26. The predicted octanol–water partition coefficient (Wildman–Crippen LogP) is 2.89. The Kier molecular flexibility index (Phi) is 5.08. The summed E-state index contributed by atoms with van der Waals surface area (Å²) in [6, 6.07) is 6.81. The summed E-state index contributed by atoms with van der Waals surface area (Å²) in [5.74, 6) is 0.464. The van der Waals surface area contributed by atoms with Crippen molar-refractivity contribution in [1.29, 1.82) is 0 Å². The van der Waals surface area contributed by atoms with E-state index < -0.39 is 0 Å². The molecule has 0 aliphatic carbocycles. The highest BCUT2D eigenvalue weighted by molar-refractivity contribution is 6.31. The molecule has 3 nitrogen and oxygen atoms in total. The number of anilines is 1. The summed E-state index contributed by atoms with van der Waals surface area (Å²) < 4.78 is 5.22. The number of rotatable bonds is 4. The minimum absolute atomic E-state index is 0.391. The maximum absolute atomic E-state index is 6.37. The van der Waals surface area contributed by atoms with Crippen LogP contribution in [0.3, 0.4) is 0 Å². The largest absolute Gasteiger partial charge is 0.383 e. The van der Waals surface area contributed by atoms with Gasteiger partial charge in [-0.05, 0) is 23.6 Å². The SMILES string of the molecule is COC[C@H]1CN(c2ccc(C(C)C)c(Cl)c2)CCN1. The minimum atomic E-state index is 0.391. The molecule has 106 valence electrons. The fraction of sp³-hybridized carbons (Fsp3) is 0.600. The van der Waals surface area contributed by atoms with E-state index >= 15 is 0 Å². The van der Waals surface area contributed by atoms with Crippen molar-refractivity contribution in [2.24, 2.45) is 0 Å². The predicted molar refractivity (Wildman–Crippen MR) is 81.4 cm³/mol. The van der Waals surface area contributed by atoms with Crippen molar-refractivity contribution in [3.05, 3.63) is 28.8 Å². The fourth-order valence-corrected chi connectivity index (χ4v) is 2.95. The van der Waals surface area contributed by atoms with Crippen LogP contribution in [0.15, 0.2) is 18.2 Å². The maximum Gasteiger partial charge on any atom is 0.0633 e. The van der Waals surface area contributed by atoms with Crippen LogP contribution in [-0.2, 0) is 4.74 Å². The van der Waals surface area contributed by atoms with Crippen molar-refractivity contribution in [3.8, 4) is 0 Å². The molecule has 0 saturated carbocycles. The maximum atomic E-state index is 6.37. The molecule has 0 bridgehead atoms. The molecular formula is C15H23ClN2O. The molecule has 0 aromatic heterocycles. The van der Waals surface area contributed by atoms with Crippen molar-refractivity contribution in [1.82, 2.24) is 5.32 Å². The number of benzene rings is 1. The van der Waals surface area contributed by atoms with Gasteiger partial charge in [-0.2, -0.15) is 0 Å². The van der Waals surface area contributed by atoms with Crippen LogP contribution in [0.5, 0.6) is 0 Å². The van der Waals surface area contributed by atoms with Gasteiger partial charge in [0.15, 0.2) is 0 Å². The second-order valence-electron chi connectivity index (χ2n) is 5.41. The van der Waals surface area contributed by atoms with Crippen LogP contribution in [0.2, 0.25) is 5.02 Å². The van der Waals surface area contributed by atoms with Gasteiger partial charge in [0.25, 0.3) is 0 Å². The van der Waals surface area contributed by atoms with Gasteiger partial charge >= 0.3 is 0 Å². The van der Waals surface area contributed by atoms with Crippen LogP contribution < -0.4 is 10.2 Å². The van der Waals surface area contributed by atoms with Crippen LogP contribution in [0, 0.1) is 0 Å². The van der Waals surface area contributed by atoms with E-state index in [9.17, 15) is 0 Å². The molecule has 4 heteroatoms. The molecule has 1 aromatic carbocycles. The molecule has 1 atom stereocenters. The molecule has 1 heterocycles. The Morgan fingerprint density at radius 3 is 2.89 bits per heavy atom. The summed E-state index contributed by atoms with van der Waals surface area (Å²) in [6.07, 6.45) is 0. The average Bonchev–Trinajstić information content (AvgIpc) is 2.39. The van der Waals surface area contributed by atoms with Crippen LogP contribution in [0.4, 0.5) is 5.69 Å². The molecule has 1 N–H and O–H groups in total. The number of nitrogens with zero attached hydrogens (tertiary/aromatic N) is 1. The van der Waals surface area contributed by atoms with Crippen LogP contribution in [-0.4, -0.2) is 39.4 Å². The van der Waals surface area contributed by atoms with Gasteiger partial charge in [0.1, 0.15) is 0 Å². The lowest BCUT2D eigenvalue weighted by molar-refractivity contribution is 0.163. The third kappa shape index (κ3) is 3.62. The molecule has 19 heavy (non-hydrogen) atoms. The molecule has 0 radical (unpaired) electrons. The van der Waals surface area contributed by atoms with Gasteiger partial charge in [-0.1, -0.05) is 31.5 Å². The smallest absolute Gasteiger partial charge is 0.0633 e. The molecule has 1 saturated heterocycles. The van der Waals surface area contributed by atoms with Gasteiger partial charge in [0.05, 0.1) is 6.61 Å². The first kappa shape index (κ1) is 14.6. The standard InChI is InChI=1S/C15H23ClN2O/c1-11(2)14-5-4-13(8-15(14)16)18-7-6-17-12(9-18)10-19-3/h4-5,8,11-12,17H,6-7,9-10H2,1-3H3/t12-/m1/s1. The molecular weight excluding hydrogens is 260 g/mol. The van der Waals surface area contributed by atoms with Gasteiger partial charge in [0.2, 0.25) is 0 Å². The third-order valence-corrected chi connectivity index (χ3v) is 3.92. The summed E-state index contributed by atoms with van der Waals surface area (Å²) in [5.41, 5.74) is 2.42. The second-order valence-corrected chi connectivity index (χ2v) is 5.82. The molecule has 1 aromatic rings. The Morgan fingerprint density at radius 2 is 2.26 bits per heavy atom. The third-order valence-electron chi connectivity index (χ3n) is 3.59.